The van der Waals surface area contributed by atoms with Gasteiger partial charge in [-0.25, -0.2) is 14.6 Å². The minimum Gasteiger partial charge on any atom is -0.478 e. The molecule has 1 aromatic heterocycles. The van der Waals surface area contributed by atoms with Crippen LogP contribution in [0.25, 0.3) is 0 Å². The van der Waals surface area contributed by atoms with Gasteiger partial charge in [-0.1, -0.05) is 0 Å². The number of benzene rings is 1. The maximum atomic E-state index is 11.8. The summed E-state index contributed by atoms with van der Waals surface area (Å²) in [6.45, 7) is 3.66. The Bertz CT molecular complexity index is 679. The van der Waals surface area contributed by atoms with Crippen LogP contribution >= 0.6 is 0 Å². The van der Waals surface area contributed by atoms with Gasteiger partial charge < -0.3 is 20.2 Å². The van der Waals surface area contributed by atoms with Crippen molar-refractivity contribution in [2.24, 2.45) is 0 Å². The molecule has 1 heterocycles. The molecule has 0 bridgehead atoms. The highest BCUT2D eigenvalue weighted by Gasteiger charge is 2.09. The van der Waals surface area contributed by atoms with E-state index >= 15 is 0 Å². The maximum Gasteiger partial charge on any atom is 0.335 e. The number of rotatable bonds is 4. The molecule has 7 nitrogen and oxygen atoms in total. The van der Waals surface area contributed by atoms with E-state index in [0.717, 1.165) is 0 Å². The van der Waals surface area contributed by atoms with Crippen molar-refractivity contribution < 1.29 is 19.1 Å². The summed E-state index contributed by atoms with van der Waals surface area (Å²) in [5.41, 5.74) is 1.38. The first kappa shape index (κ1) is 14.6. The number of nitrogens with zero attached hydrogens (tertiary/aromatic N) is 1. The molecule has 1 aromatic carbocycles. The summed E-state index contributed by atoms with van der Waals surface area (Å²) in [5.74, 6) is 0.0845. The van der Waals surface area contributed by atoms with Crippen molar-refractivity contribution in [2.75, 3.05) is 5.32 Å². The number of carbonyl (C=O) groups is 2. The Balaban J connectivity index is 1.94. The number of amides is 2. The van der Waals surface area contributed by atoms with Crippen LogP contribution in [0.3, 0.4) is 0 Å². The normalized spacial score (nSPS) is 10.2. The lowest BCUT2D eigenvalue weighted by Crippen LogP contribution is -2.28. The molecule has 0 aliphatic rings. The van der Waals surface area contributed by atoms with Crippen LogP contribution in [0, 0.1) is 13.8 Å². The van der Waals surface area contributed by atoms with Gasteiger partial charge in [-0.05, 0) is 37.6 Å². The lowest BCUT2D eigenvalue weighted by atomic mass is 10.1. The number of hydrogen-bond donors (Lipinski definition) is 3. The molecule has 7 heteroatoms. The van der Waals surface area contributed by atoms with Crippen molar-refractivity contribution in [1.29, 1.82) is 0 Å². The molecule has 0 radical (unpaired) electrons. The molecule has 0 unspecified atom stereocenters. The second-order valence-electron chi connectivity index (χ2n) is 4.51. The minimum atomic E-state index is -1.01. The quantitative estimate of drug-likeness (QED) is 0.801. The number of aromatic carboxylic acids is 1. The summed E-state index contributed by atoms with van der Waals surface area (Å²) in [6.07, 6.45) is 1.57. The number of oxazole rings is 1. The van der Waals surface area contributed by atoms with Gasteiger partial charge in [0.05, 0.1) is 18.3 Å². The van der Waals surface area contributed by atoms with Crippen molar-refractivity contribution in [1.82, 2.24) is 10.3 Å². The Morgan fingerprint density at radius 1 is 1.33 bits per heavy atom. The molecule has 0 atom stereocenters. The zero-order valence-electron chi connectivity index (χ0n) is 11.6. The summed E-state index contributed by atoms with van der Waals surface area (Å²) in [6, 6.07) is 4.06. The third-order valence-corrected chi connectivity index (χ3v) is 2.79. The van der Waals surface area contributed by atoms with Gasteiger partial charge in [-0.3, -0.25) is 0 Å². The number of carboxylic acids is 1. The van der Waals surface area contributed by atoms with Gasteiger partial charge in [0.25, 0.3) is 0 Å². The second kappa shape index (κ2) is 6.08. The van der Waals surface area contributed by atoms with E-state index in [2.05, 4.69) is 15.6 Å². The molecule has 21 heavy (non-hydrogen) atoms. The summed E-state index contributed by atoms with van der Waals surface area (Å²) in [7, 11) is 0. The van der Waals surface area contributed by atoms with Crippen LogP contribution in [0.1, 0.15) is 27.6 Å². The smallest absolute Gasteiger partial charge is 0.335 e. The third kappa shape index (κ3) is 3.82. The van der Waals surface area contributed by atoms with Crippen LogP contribution in [0.4, 0.5) is 10.5 Å². The van der Waals surface area contributed by atoms with Crippen LogP contribution in [0.5, 0.6) is 0 Å². The molecule has 0 saturated carbocycles. The van der Waals surface area contributed by atoms with E-state index in [0.29, 0.717) is 22.9 Å². The maximum absolute atomic E-state index is 11.8. The van der Waals surface area contributed by atoms with Crippen LogP contribution in [0.15, 0.2) is 28.8 Å². The first-order chi connectivity index (χ1) is 9.95. The number of aryl methyl sites for hydroxylation is 2. The van der Waals surface area contributed by atoms with Gasteiger partial charge in [0.2, 0.25) is 5.89 Å². The minimum absolute atomic E-state index is 0.173. The molecule has 0 fully saturated rings. The van der Waals surface area contributed by atoms with Crippen molar-refractivity contribution in [3.63, 3.8) is 0 Å². The summed E-state index contributed by atoms with van der Waals surface area (Å²) in [4.78, 5) is 26.6. The Kier molecular flexibility index (Phi) is 4.22. The lowest BCUT2D eigenvalue weighted by molar-refractivity contribution is 0.0697. The van der Waals surface area contributed by atoms with Crippen molar-refractivity contribution in [2.45, 2.75) is 20.4 Å². The molecule has 2 rings (SSSR count). The predicted octanol–water partition coefficient (Wildman–Crippen LogP) is 2.31. The number of anilines is 1. The summed E-state index contributed by atoms with van der Waals surface area (Å²) in [5, 5.41) is 14.1. The Labute approximate surface area is 121 Å². The van der Waals surface area contributed by atoms with Crippen LogP contribution in [-0.2, 0) is 6.54 Å². The number of aromatic nitrogens is 1. The first-order valence-electron chi connectivity index (χ1n) is 6.26. The number of carbonyl (C=O) groups excluding carboxylic acids is 1. The largest absolute Gasteiger partial charge is 0.478 e. The van der Waals surface area contributed by atoms with Gasteiger partial charge in [0, 0.05) is 5.69 Å². The van der Waals surface area contributed by atoms with Crippen molar-refractivity contribution in [3.05, 3.63) is 47.2 Å². The molecule has 0 saturated heterocycles. The number of nitrogens with one attached hydrogen (secondary N) is 2. The first-order valence-corrected chi connectivity index (χ1v) is 6.26. The fourth-order valence-corrected chi connectivity index (χ4v) is 1.74. The molecule has 2 amide bonds. The predicted molar refractivity (Wildman–Crippen MR) is 75.2 cm³/mol. The molecule has 110 valence electrons. The molecular formula is C14H15N3O4. The zero-order valence-corrected chi connectivity index (χ0v) is 11.6. The van der Waals surface area contributed by atoms with Crippen molar-refractivity contribution >= 4 is 17.7 Å². The van der Waals surface area contributed by atoms with Gasteiger partial charge in [-0.15, -0.1) is 0 Å². The topological polar surface area (TPSA) is 104 Å². The van der Waals surface area contributed by atoms with E-state index in [1.54, 1.807) is 26.1 Å². The van der Waals surface area contributed by atoms with Crippen molar-refractivity contribution in [3.8, 4) is 0 Å². The molecule has 0 aliphatic heterocycles. The summed E-state index contributed by atoms with van der Waals surface area (Å²) >= 11 is 0. The molecular weight excluding hydrogens is 274 g/mol. The molecule has 0 spiro atoms. The molecule has 2 aromatic rings. The second-order valence-corrected chi connectivity index (χ2v) is 4.51. The summed E-state index contributed by atoms with van der Waals surface area (Å²) < 4.78 is 5.23. The Hall–Kier alpha value is -2.83. The van der Waals surface area contributed by atoms with Gasteiger partial charge in [-0.2, -0.15) is 0 Å². The average molecular weight is 289 g/mol. The van der Waals surface area contributed by atoms with E-state index in [-0.39, 0.29) is 12.1 Å². The number of carboxylic acid groups (broad SMARTS) is 1. The van der Waals surface area contributed by atoms with E-state index in [1.165, 1.54) is 12.1 Å². The van der Waals surface area contributed by atoms with E-state index < -0.39 is 12.0 Å². The monoisotopic (exact) mass is 289 g/mol. The van der Waals surface area contributed by atoms with Gasteiger partial charge >= 0.3 is 12.0 Å². The van der Waals surface area contributed by atoms with E-state index in [4.69, 9.17) is 9.52 Å². The fraction of sp³-hybridized carbons (Fsp3) is 0.214. The van der Waals surface area contributed by atoms with Gasteiger partial charge in [0.15, 0.2) is 0 Å². The number of hydrogen-bond acceptors (Lipinski definition) is 4. The van der Waals surface area contributed by atoms with E-state index in [1.807, 2.05) is 0 Å². The number of urea groups is 1. The highest BCUT2D eigenvalue weighted by Crippen LogP contribution is 2.16. The Morgan fingerprint density at radius 3 is 2.67 bits per heavy atom. The standard InChI is InChI=1S/C14H15N3O4/c1-8-5-10(13(18)19)3-4-11(8)17-14(20)16-7-12-15-6-9(2)21-12/h3-6H,7H2,1-2H3,(H,18,19)(H2,16,17,20). The average Bonchev–Trinajstić information content (AvgIpc) is 2.84. The highest BCUT2D eigenvalue weighted by atomic mass is 16.4. The lowest BCUT2D eigenvalue weighted by Gasteiger charge is -2.09. The third-order valence-electron chi connectivity index (χ3n) is 2.79. The highest BCUT2D eigenvalue weighted by molar-refractivity contribution is 5.92. The fourth-order valence-electron chi connectivity index (χ4n) is 1.74. The van der Waals surface area contributed by atoms with Crippen LogP contribution in [-0.4, -0.2) is 22.1 Å². The van der Waals surface area contributed by atoms with E-state index in [9.17, 15) is 9.59 Å². The van der Waals surface area contributed by atoms with Crippen LogP contribution in [0.2, 0.25) is 0 Å². The SMILES string of the molecule is Cc1cnc(CNC(=O)Nc2ccc(C(=O)O)cc2C)o1. The Morgan fingerprint density at radius 2 is 2.10 bits per heavy atom. The van der Waals surface area contributed by atoms with Crippen LogP contribution < -0.4 is 10.6 Å². The molecule has 0 aliphatic carbocycles. The zero-order chi connectivity index (χ0) is 15.4. The van der Waals surface area contributed by atoms with Gasteiger partial charge in [0.1, 0.15) is 5.76 Å². The molecule has 3 N–H and O–H groups in total.